The summed E-state index contributed by atoms with van der Waals surface area (Å²) in [4.78, 5) is 9.31. The molecular weight excluding hydrogens is 254 g/mol. The Kier molecular flexibility index (Phi) is 5.95. The molecule has 1 heterocycles. The Morgan fingerprint density at radius 1 is 1.21 bits per heavy atom. The Morgan fingerprint density at radius 2 is 2.00 bits per heavy atom. The predicted molar refractivity (Wildman–Crippen MR) is 82.9 cm³/mol. The van der Waals surface area contributed by atoms with Crippen LogP contribution in [0.1, 0.15) is 58.2 Å². The van der Waals surface area contributed by atoms with Crippen LogP contribution in [-0.2, 0) is 6.42 Å². The van der Waals surface area contributed by atoms with Crippen LogP contribution in [0, 0.1) is 0 Å². The number of nitrogens with zero attached hydrogens (tertiary/aromatic N) is 2. The third-order valence-electron chi connectivity index (χ3n) is 3.37. The molecule has 0 aliphatic heterocycles. The molecule has 0 bridgehead atoms. The highest BCUT2D eigenvalue weighted by molar-refractivity contribution is 7.99. The van der Waals surface area contributed by atoms with Crippen molar-refractivity contribution in [3.8, 4) is 0 Å². The Morgan fingerprint density at radius 3 is 2.68 bits per heavy atom. The molecule has 1 saturated carbocycles. The number of hydrogen-bond donors (Lipinski definition) is 1. The number of anilines is 1. The van der Waals surface area contributed by atoms with Gasteiger partial charge in [0.15, 0.2) is 0 Å². The quantitative estimate of drug-likeness (QED) is 0.756. The molecule has 0 saturated heterocycles. The summed E-state index contributed by atoms with van der Waals surface area (Å²) >= 11 is 1.95. The van der Waals surface area contributed by atoms with E-state index in [0.717, 1.165) is 47.7 Å². The van der Waals surface area contributed by atoms with E-state index in [1.54, 1.807) is 0 Å². The van der Waals surface area contributed by atoms with E-state index in [9.17, 15) is 0 Å². The molecule has 4 heteroatoms. The fraction of sp³-hybridized carbons (Fsp3) is 0.733. The fourth-order valence-corrected chi connectivity index (χ4v) is 3.64. The molecule has 0 aromatic carbocycles. The van der Waals surface area contributed by atoms with Gasteiger partial charge in [0.1, 0.15) is 16.7 Å². The summed E-state index contributed by atoms with van der Waals surface area (Å²) in [7, 11) is 0. The van der Waals surface area contributed by atoms with Crippen molar-refractivity contribution in [2.45, 2.75) is 69.1 Å². The summed E-state index contributed by atoms with van der Waals surface area (Å²) in [5, 5.41) is 5.32. The van der Waals surface area contributed by atoms with Gasteiger partial charge < -0.3 is 5.32 Å². The highest BCUT2D eigenvalue weighted by Gasteiger charge is 2.17. The van der Waals surface area contributed by atoms with Gasteiger partial charge in [0.25, 0.3) is 0 Å². The van der Waals surface area contributed by atoms with Crippen LogP contribution in [0.2, 0.25) is 0 Å². The monoisotopic (exact) mass is 279 g/mol. The summed E-state index contributed by atoms with van der Waals surface area (Å²) < 4.78 is 0. The molecule has 0 unspecified atom stereocenters. The number of aryl methyl sites for hydroxylation is 1. The molecule has 1 aromatic rings. The molecule has 1 N–H and O–H groups in total. The first-order valence-electron chi connectivity index (χ1n) is 7.60. The van der Waals surface area contributed by atoms with Crippen LogP contribution in [0.4, 0.5) is 5.82 Å². The fourth-order valence-electron chi connectivity index (χ4n) is 2.39. The third kappa shape index (κ3) is 4.68. The average molecular weight is 279 g/mol. The van der Waals surface area contributed by atoms with Gasteiger partial charge in [0.2, 0.25) is 0 Å². The van der Waals surface area contributed by atoms with Crippen molar-refractivity contribution in [1.29, 1.82) is 0 Å². The van der Waals surface area contributed by atoms with Gasteiger partial charge in [0, 0.05) is 24.3 Å². The molecular formula is C15H25N3S. The smallest absolute Gasteiger partial charge is 0.132 e. The van der Waals surface area contributed by atoms with Crippen LogP contribution in [0.25, 0.3) is 0 Å². The van der Waals surface area contributed by atoms with Gasteiger partial charge in [-0.05, 0) is 25.7 Å². The lowest BCUT2D eigenvalue weighted by Gasteiger charge is -2.11. The van der Waals surface area contributed by atoms with Crippen molar-refractivity contribution in [3.63, 3.8) is 0 Å². The van der Waals surface area contributed by atoms with E-state index >= 15 is 0 Å². The minimum Gasteiger partial charge on any atom is -0.370 e. The van der Waals surface area contributed by atoms with Crippen molar-refractivity contribution in [2.75, 3.05) is 11.9 Å². The van der Waals surface area contributed by atoms with Gasteiger partial charge in [-0.3, -0.25) is 0 Å². The summed E-state index contributed by atoms with van der Waals surface area (Å²) in [5.41, 5.74) is 0. The van der Waals surface area contributed by atoms with Gasteiger partial charge in [-0.15, -0.1) is 11.8 Å². The second kappa shape index (κ2) is 7.73. The first kappa shape index (κ1) is 14.6. The third-order valence-corrected chi connectivity index (χ3v) is 4.62. The summed E-state index contributed by atoms with van der Waals surface area (Å²) in [6.07, 6.45) is 8.64. The molecule has 1 aliphatic rings. The Labute approximate surface area is 121 Å². The van der Waals surface area contributed by atoms with Crippen molar-refractivity contribution < 1.29 is 0 Å². The first-order chi connectivity index (χ1) is 9.31. The summed E-state index contributed by atoms with van der Waals surface area (Å²) in [6.45, 7) is 5.34. The minimum absolute atomic E-state index is 0.767. The van der Waals surface area contributed by atoms with Crippen molar-refractivity contribution >= 4 is 17.6 Å². The molecule has 0 amide bonds. The average Bonchev–Trinajstić information content (AvgIpc) is 2.89. The Balaban J connectivity index is 2.07. The SMILES string of the molecule is CCCNc1cc(SC2CCCC2)nc(CCC)n1. The highest BCUT2D eigenvalue weighted by Crippen LogP contribution is 2.34. The first-order valence-corrected chi connectivity index (χ1v) is 8.48. The van der Waals surface area contributed by atoms with Crippen molar-refractivity contribution in [1.82, 2.24) is 9.97 Å². The van der Waals surface area contributed by atoms with E-state index in [2.05, 4.69) is 30.2 Å². The second-order valence-corrected chi connectivity index (χ2v) is 6.53. The van der Waals surface area contributed by atoms with Crippen LogP contribution in [0.15, 0.2) is 11.1 Å². The molecule has 2 rings (SSSR count). The lowest BCUT2D eigenvalue weighted by molar-refractivity contribution is 0.804. The molecule has 0 spiro atoms. The van der Waals surface area contributed by atoms with Crippen molar-refractivity contribution in [2.24, 2.45) is 0 Å². The maximum absolute atomic E-state index is 4.71. The molecule has 1 aliphatic carbocycles. The zero-order valence-electron chi connectivity index (χ0n) is 12.1. The van der Waals surface area contributed by atoms with E-state index < -0.39 is 0 Å². The van der Waals surface area contributed by atoms with Crippen LogP contribution < -0.4 is 5.32 Å². The predicted octanol–water partition coefficient (Wildman–Crippen LogP) is 4.29. The number of hydrogen-bond acceptors (Lipinski definition) is 4. The summed E-state index contributed by atoms with van der Waals surface area (Å²) in [6, 6.07) is 2.12. The van der Waals surface area contributed by atoms with E-state index in [1.165, 1.54) is 25.7 Å². The van der Waals surface area contributed by atoms with E-state index in [1.807, 2.05) is 11.8 Å². The van der Waals surface area contributed by atoms with Crippen LogP contribution in [0.5, 0.6) is 0 Å². The molecule has 1 fully saturated rings. The van der Waals surface area contributed by atoms with Crippen LogP contribution in [0.3, 0.4) is 0 Å². The van der Waals surface area contributed by atoms with E-state index in [4.69, 9.17) is 4.98 Å². The Bertz CT molecular complexity index is 389. The number of rotatable bonds is 7. The molecule has 3 nitrogen and oxygen atoms in total. The largest absolute Gasteiger partial charge is 0.370 e. The zero-order valence-corrected chi connectivity index (χ0v) is 12.9. The highest BCUT2D eigenvalue weighted by atomic mass is 32.2. The zero-order chi connectivity index (χ0) is 13.5. The van der Waals surface area contributed by atoms with E-state index in [0.29, 0.717) is 0 Å². The number of nitrogens with one attached hydrogen (secondary N) is 1. The van der Waals surface area contributed by atoms with Gasteiger partial charge >= 0.3 is 0 Å². The normalized spacial score (nSPS) is 15.9. The Hall–Kier alpha value is -0.770. The number of aromatic nitrogens is 2. The minimum atomic E-state index is 0.767. The molecule has 1 aromatic heterocycles. The van der Waals surface area contributed by atoms with Gasteiger partial charge in [0.05, 0.1) is 0 Å². The molecule has 19 heavy (non-hydrogen) atoms. The van der Waals surface area contributed by atoms with E-state index in [-0.39, 0.29) is 0 Å². The lowest BCUT2D eigenvalue weighted by Crippen LogP contribution is -2.06. The van der Waals surface area contributed by atoms with Crippen molar-refractivity contribution in [3.05, 3.63) is 11.9 Å². The molecule has 0 radical (unpaired) electrons. The molecule has 0 atom stereocenters. The maximum Gasteiger partial charge on any atom is 0.132 e. The van der Waals surface area contributed by atoms with Crippen LogP contribution >= 0.6 is 11.8 Å². The van der Waals surface area contributed by atoms with Gasteiger partial charge in [-0.1, -0.05) is 26.7 Å². The molecule has 106 valence electrons. The summed E-state index contributed by atoms with van der Waals surface area (Å²) in [5.74, 6) is 1.99. The van der Waals surface area contributed by atoms with Crippen LogP contribution in [-0.4, -0.2) is 21.8 Å². The van der Waals surface area contributed by atoms with Gasteiger partial charge in [-0.2, -0.15) is 0 Å². The lowest BCUT2D eigenvalue weighted by atomic mass is 10.3. The topological polar surface area (TPSA) is 37.8 Å². The second-order valence-electron chi connectivity index (χ2n) is 5.21. The maximum atomic E-state index is 4.71. The standard InChI is InChI=1S/C15H25N3S/c1-3-7-13-17-14(16-10-4-2)11-15(18-13)19-12-8-5-6-9-12/h11-12H,3-10H2,1-2H3,(H,16,17,18). The van der Waals surface area contributed by atoms with Gasteiger partial charge in [-0.25, -0.2) is 9.97 Å². The number of thioether (sulfide) groups is 1.